The highest BCUT2D eigenvalue weighted by molar-refractivity contribution is 6.01. The predicted molar refractivity (Wildman–Crippen MR) is 149 cm³/mol. The van der Waals surface area contributed by atoms with Gasteiger partial charge < -0.3 is 20.2 Å². The van der Waals surface area contributed by atoms with E-state index in [0.717, 1.165) is 52.2 Å². The predicted octanol–water partition coefficient (Wildman–Crippen LogP) is 6.53. The molecule has 38 heavy (non-hydrogen) atoms. The van der Waals surface area contributed by atoms with Crippen molar-refractivity contribution in [2.24, 2.45) is 5.41 Å². The number of aryl methyl sites for hydroxylation is 1. The summed E-state index contributed by atoms with van der Waals surface area (Å²) in [5.74, 6) is -1.87. The van der Waals surface area contributed by atoms with E-state index in [0.29, 0.717) is 24.3 Å². The summed E-state index contributed by atoms with van der Waals surface area (Å²) in [6, 6.07) is 10.2. The van der Waals surface area contributed by atoms with Gasteiger partial charge in [-0.15, -0.1) is 0 Å². The minimum atomic E-state index is -2.58. The van der Waals surface area contributed by atoms with Crippen LogP contribution >= 0.6 is 0 Å². The van der Waals surface area contributed by atoms with Gasteiger partial charge in [0.2, 0.25) is 0 Å². The maximum absolute atomic E-state index is 13.8. The fourth-order valence-corrected chi connectivity index (χ4v) is 6.01. The summed E-state index contributed by atoms with van der Waals surface area (Å²) >= 11 is 0. The van der Waals surface area contributed by atoms with Gasteiger partial charge in [-0.2, -0.15) is 0 Å². The molecule has 1 aromatic heterocycles. The Balaban J connectivity index is 1.37. The van der Waals surface area contributed by atoms with Gasteiger partial charge in [0.25, 0.3) is 5.92 Å². The quantitative estimate of drug-likeness (QED) is 0.398. The third-order valence-corrected chi connectivity index (χ3v) is 8.73. The van der Waals surface area contributed by atoms with E-state index in [9.17, 15) is 13.9 Å². The van der Waals surface area contributed by atoms with Crippen LogP contribution in [0.5, 0.6) is 0 Å². The number of aromatic nitrogens is 2. The van der Waals surface area contributed by atoms with Gasteiger partial charge in [0.05, 0.1) is 22.2 Å². The second-order valence-electron chi connectivity index (χ2n) is 12.2. The van der Waals surface area contributed by atoms with Crippen molar-refractivity contribution in [2.45, 2.75) is 70.8 Å². The number of aliphatic hydroxyl groups is 1. The average Bonchev–Trinajstić information content (AvgIpc) is 3.61. The second kappa shape index (κ2) is 9.04. The minimum Gasteiger partial charge on any atom is -0.386 e. The first-order valence-corrected chi connectivity index (χ1v) is 13.8. The fourth-order valence-electron chi connectivity index (χ4n) is 6.01. The number of hydrogen-bond donors (Lipinski definition) is 2. The number of benzene rings is 2. The van der Waals surface area contributed by atoms with Gasteiger partial charge in [-0.25, -0.2) is 18.7 Å². The van der Waals surface area contributed by atoms with Gasteiger partial charge in [-0.3, -0.25) is 0 Å². The van der Waals surface area contributed by atoms with E-state index < -0.39 is 11.5 Å². The number of anilines is 4. The van der Waals surface area contributed by atoms with Crippen LogP contribution in [0, 0.1) is 12.3 Å². The number of nitrogens with zero attached hydrogens (tertiary/aromatic N) is 4. The monoisotopic (exact) mass is 521 g/mol. The van der Waals surface area contributed by atoms with Crippen molar-refractivity contribution in [1.82, 2.24) is 9.97 Å². The first-order chi connectivity index (χ1) is 18.0. The summed E-state index contributed by atoms with van der Waals surface area (Å²) in [5, 5.41) is 15.3. The number of piperidine rings is 2. The van der Waals surface area contributed by atoms with Crippen LogP contribution in [0.15, 0.2) is 36.7 Å². The number of halogens is 2. The van der Waals surface area contributed by atoms with Crippen LogP contribution in [0.1, 0.15) is 63.5 Å². The van der Waals surface area contributed by atoms with E-state index in [1.165, 1.54) is 25.7 Å². The topological polar surface area (TPSA) is 64.5 Å². The molecule has 202 valence electrons. The molecule has 1 saturated carbocycles. The molecular formula is C30H37F2N5O. The molecule has 0 bridgehead atoms. The van der Waals surface area contributed by atoms with Gasteiger partial charge in [0.15, 0.2) is 0 Å². The molecule has 3 heterocycles. The molecule has 3 fully saturated rings. The lowest BCUT2D eigenvalue weighted by molar-refractivity contribution is -0.0220. The number of fused-ring (bicyclic) bond motifs is 1. The van der Waals surface area contributed by atoms with Crippen LogP contribution in [0.3, 0.4) is 0 Å². The van der Waals surface area contributed by atoms with E-state index >= 15 is 0 Å². The summed E-state index contributed by atoms with van der Waals surface area (Å²) in [6.07, 6.45) is 6.37. The molecule has 3 aliphatic rings. The molecular weight excluding hydrogens is 484 g/mol. The molecule has 6 nitrogen and oxygen atoms in total. The summed E-state index contributed by atoms with van der Waals surface area (Å²) in [6.45, 7) is 8.27. The first-order valence-electron chi connectivity index (χ1n) is 13.8. The Hall–Kier alpha value is -3.00. The zero-order valence-corrected chi connectivity index (χ0v) is 22.5. The van der Waals surface area contributed by atoms with Crippen LogP contribution in [0.4, 0.5) is 31.7 Å². The van der Waals surface area contributed by atoms with Gasteiger partial charge >= 0.3 is 0 Å². The van der Waals surface area contributed by atoms with Gasteiger partial charge in [0, 0.05) is 50.4 Å². The Bertz CT molecular complexity index is 1340. The normalized spacial score (nSPS) is 20.7. The highest BCUT2D eigenvalue weighted by atomic mass is 19.3. The molecule has 0 atom stereocenters. The number of alkyl halides is 2. The van der Waals surface area contributed by atoms with Gasteiger partial charge in [-0.05, 0) is 93.3 Å². The largest absolute Gasteiger partial charge is 0.386 e. The van der Waals surface area contributed by atoms with Crippen molar-refractivity contribution in [3.63, 3.8) is 0 Å². The zero-order chi connectivity index (χ0) is 26.7. The number of rotatable bonds is 5. The van der Waals surface area contributed by atoms with Crippen molar-refractivity contribution in [3.05, 3.63) is 47.8 Å². The highest BCUT2D eigenvalue weighted by Gasteiger charge is 2.44. The first kappa shape index (κ1) is 25.3. The van der Waals surface area contributed by atoms with E-state index in [1.54, 1.807) is 20.2 Å². The Labute approximate surface area is 223 Å². The van der Waals surface area contributed by atoms with Crippen molar-refractivity contribution >= 4 is 33.8 Å². The Morgan fingerprint density at radius 2 is 1.55 bits per heavy atom. The SMILES string of the molecule is Cc1cc(Nc2ncnc3cc(C(C)(C)O)cc(N4CCC5(CC4)CC5)c23)cc(N2CCC(F)(F)CC2)c1. The van der Waals surface area contributed by atoms with Gasteiger partial charge in [0.1, 0.15) is 12.1 Å². The lowest BCUT2D eigenvalue weighted by Gasteiger charge is -2.35. The summed E-state index contributed by atoms with van der Waals surface area (Å²) in [7, 11) is 0. The molecule has 2 N–H and O–H groups in total. The van der Waals surface area contributed by atoms with E-state index in [-0.39, 0.29) is 12.8 Å². The molecule has 2 saturated heterocycles. The molecule has 2 aromatic carbocycles. The molecule has 8 heteroatoms. The maximum atomic E-state index is 13.8. The molecule has 0 radical (unpaired) electrons. The van der Waals surface area contributed by atoms with Crippen LogP contribution in [-0.2, 0) is 5.60 Å². The maximum Gasteiger partial charge on any atom is 0.251 e. The summed E-state index contributed by atoms with van der Waals surface area (Å²) < 4.78 is 27.5. The third kappa shape index (κ3) is 5.03. The molecule has 1 spiro atoms. The standard InChI is InChI=1S/C30H37F2N5O/c1-20-14-22(18-23(15-20)36-12-8-30(31,32)9-13-36)35-27-26-24(33-19-34-27)16-21(28(2,3)38)17-25(26)37-10-6-29(4-5-29)7-11-37/h14-19,38H,4-13H2,1-3H3,(H,33,34,35). The Kier molecular flexibility index (Phi) is 6.02. The Morgan fingerprint density at radius 1 is 0.868 bits per heavy atom. The van der Waals surface area contributed by atoms with E-state index in [1.807, 2.05) is 24.0 Å². The van der Waals surface area contributed by atoms with E-state index in [2.05, 4.69) is 38.4 Å². The molecule has 0 unspecified atom stereocenters. The summed E-state index contributed by atoms with van der Waals surface area (Å²) in [5.41, 5.74) is 5.08. The van der Waals surface area contributed by atoms with Crippen molar-refractivity contribution in [2.75, 3.05) is 41.3 Å². The van der Waals surface area contributed by atoms with E-state index in [4.69, 9.17) is 0 Å². The van der Waals surface area contributed by atoms with Crippen molar-refractivity contribution in [1.29, 1.82) is 0 Å². The zero-order valence-electron chi connectivity index (χ0n) is 22.5. The van der Waals surface area contributed by atoms with Crippen LogP contribution in [0.2, 0.25) is 0 Å². The smallest absolute Gasteiger partial charge is 0.251 e. The molecule has 6 rings (SSSR count). The lowest BCUT2D eigenvalue weighted by Crippen LogP contribution is -2.39. The fraction of sp³-hybridized carbons (Fsp3) is 0.533. The second-order valence-corrected chi connectivity index (χ2v) is 12.2. The molecule has 1 aliphatic carbocycles. The van der Waals surface area contributed by atoms with Gasteiger partial charge in [-0.1, -0.05) is 0 Å². The van der Waals surface area contributed by atoms with Crippen LogP contribution < -0.4 is 15.1 Å². The molecule has 0 amide bonds. The summed E-state index contributed by atoms with van der Waals surface area (Å²) in [4.78, 5) is 13.7. The third-order valence-electron chi connectivity index (χ3n) is 8.73. The highest BCUT2D eigenvalue weighted by Crippen LogP contribution is 2.54. The Morgan fingerprint density at radius 3 is 2.21 bits per heavy atom. The lowest BCUT2D eigenvalue weighted by atomic mass is 9.91. The number of nitrogens with one attached hydrogen (secondary N) is 1. The number of hydrogen-bond acceptors (Lipinski definition) is 6. The average molecular weight is 522 g/mol. The molecule has 3 aromatic rings. The van der Waals surface area contributed by atoms with Crippen LogP contribution in [0.25, 0.3) is 10.9 Å². The van der Waals surface area contributed by atoms with Crippen molar-refractivity contribution < 1.29 is 13.9 Å². The molecule has 2 aliphatic heterocycles. The van der Waals surface area contributed by atoms with Crippen LogP contribution in [-0.4, -0.2) is 47.2 Å². The minimum absolute atomic E-state index is 0.121. The van der Waals surface area contributed by atoms with Crippen molar-refractivity contribution in [3.8, 4) is 0 Å².